The number of fused-ring (bicyclic) bond motifs is 1. The molecule has 0 bridgehead atoms. The van der Waals surface area contributed by atoms with E-state index in [0.29, 0.717) is 17.3 Å². The van der Waals surface area contributed by atoms with Gasteiger partial charge in [-0.2, -0.15) is 0 Å². The Hall–Kier alpha value is -2.93. The van der Waals surface area contributed by atoms with Crippen LogP contribution >= 0.6 is 11.3 Å². The van der Waals surface area contributed by atoms with Crippen molar-refractivity contribution in [3.05, 3.63) is 53.0 Å². The lowest BCUT2D eigenvalue weighted by Crippen LogP contribution is -2.15. The summed E-state index contributed by atoms with van der Waals surface area (Å²) in [4.78, 5) is 25.9. The molecule has 0 radical (unpaired) electrons. The first-order chi connectivity index (χ1) is 13.6. The maximum Gasteiger partial charge on any atom is 0.236 e. The van der Waals surface area contributed by atoms with Gasteiger partial charge in [0.15, 0.2) is 0 Å². The van der Waals surface area contributed by atoms with Crippen molar-refractivity contribution in [1.29, 1.82) is 0 Å². The number of amides is 1. The van der Waals surface area contributed by atoms with Crippen molar-refractivity contribution in [3.63, 3.8) is 0 Å². The topological polar surface area (TPSA) is 83.8 Å². The standard InChI is InChI=1S/C21H22N4O2S/c1-3-4-7-19-23-15-9-8-14(11-17(15)24-19)22-20(26)12-16-13(2)27-21(25-16)18-6-5-10-28-18/h5-6,8-11H,3-4,7,12H2,1-2H3,(H,22,26)(H,23,24). The molecule has 0 aliphatic heterocycles. The highest BCUT2D eigenvalue weighted by Gasteiger charge is 2.15. The monoisotopic (exact) mass is 394 g/mol. The average molecular weight is 395 g/mol. The molecule has 0 spiro atoms. The number of unbranched alkanes of at least 4 members (excludes halogenated alkanes) is 1. The Balaban J connectivity index is 1.45. The van der Waals surface area contributed by atoms with Gasteiger partial charge in [0.25, 0.3) is 0 Å². The number of benzene rings is 1. The Morgan fingerprint density at radius 3 is 2.96 bits per heavy atom. The summed E-state index contributed by atoms with van der Waals surface area (Å²) >= 11 is 1.56. The van der Waals surface area contributed by atoms with Gasteiger partial charge in [-0.05, 0) is 43.0 Å². The van der Waals surface area contributed by atoms with Crippen LogP contribution in [0.15, 0.2) is 40.1 Å². The lowest BCUT2D eigenvalue weighted by molar-refractivity contribution is -0.115. The molecule has 0 unspecified atom stereocenters. The Morgan fingerprint density at radius 1 is 1.29 bits per heavy atom. The van der Waals surface area contributed by atoms with E-state index in [0.717, 1.165) is 46.7 Å². The number of imidazole rings is 1. The molecule has 1 aromatic carbocycles. The van der Waals surface area contributed by atoms with Crippen LogP contribution in [-0.2, 0) is 17.6 Å². The molecule has 0 aliphatic rings. The third-order valence-electron chi connectivity index (χ3n) is 4.53. The van der Waals surface area contributed by atoms with Crippen LogP contribution in [0.25, 0.3) is 21.8 Å². The van der Waals surface area contributed by atoms with Gasteiger partial charge in [0.1, 0.15) is 11.6 Å². The molecule has 6 nitrogen and oxygen atoms in total. The number of carbonyl (C=O) groups excluding carboxylic acids is 1. The number of nitrogens with one attached hydrogen (secondary N) is 2. The summed E-state index contributed by atoms with van der Waals surface area (Å²) in [6, 6.07) is 9.62. The maximum atomic E-state index is 12.5. The molecule has 1 amide bonds. The number of anilines is 1. The number of aromatic nitrogens is 3. The Morgan fingerprint density at radius 2 is 2.18 bits per heavy atom. The van der Waals surface area contributed by atoms with Gasteiger partial charge >= 0.3 is 0 Å². The van der Waals surface area contributed by atoms with Gasteiger partial charge < -0.3 is 14.7 Å². The third-order valence-corrected chi connectivity index (χ3v) is 5.39. The van der Waals surface area contributed by atoms with E-state index in [2.05, 4.69) is 27.2 Å². The highest BCUT2D eigenvalue weighted by Crippen LogP contribution is 2.26. The summed E-state index contributed by atoms with van der Waals surface area (Å²) in [5.74, 6) is 2.09. The van der Waals surface area contributed by atoms with Crippen LogP contribution in [0.2, 0.25) is 0 Å². The normalized spacial score (nSPS) is 11.2. The largest absolute Gasteiger partial charge is 0.440 e. The number of aryl methyl sites for hydroxylation is 2. The number of nitrogens with zero attached hydrogens (tertiary/aromatic N) is 2. The van der Waals surface area contributed by atoms with E-state index in [1.807, 2.05) is 42.6 Å². The number of H-pyrrole nitrogens is 1. The molecule has 3 aromatic heterocycles. The summed E-state index contributed by atoms with van der Waals surface area (Å²) in [5.41, 5.74) is 3.24. The Labute approximate surface area is 167 Å². The smallest absolute Gasteiger partial charge is 0.236 e. The fourth-order valence-electron chi connectivity index (χ4n) is 3.06. The summed E-state index contributed by atoms with van der Waals surface area (Å²) in [6.07, 6.45) is 3.34. The van der Waals surface area contributed by atoms with Crippen LogP contribution in [0.3, 0.4) is 0 Å². The molecule has 0 aliphatic carbocycles. The summed E-state index contributed by atoms with van der Waals surface area (Å²) in [7, 11) is 0. The Kier molecular flexibility index (Phi) is 5.25. The van der Waals surface area contributed by atoms with Crippen LogP contribution in [0.1, 0.15) is 37.0 Å². The first-order valence-corrected chi connectivity index (χ1v) is 10.3. The molecule has 144 valence electrons. The minimum Gasteiger partial charge on any atom is -0.440 e. The fraction of sp³-hybridized carbons (Fsp3) is 0.286. The maximum absolute atomic E-state index is 12.5. The van der Waals surface area contributed by atoms with Crippen molar-refractivity contribution in [1.82, 2.24) is 15.0 Å². The van der Waals surface area contributed by atoms with Crippen molar-refractivity contribution in [3.8, 4) is 10.8 Å². The van der Waals surface area contributed by atoms with E-state index in [4.69, 9.17) is 4.42 Å². The number of carbonyl (C=O) groups is 1. The predicted octanol–water partition coefficient (Wildman–Crippen LogP) is 5.11. The average Bonchev–Trinajstić information content (AvgIpc) is 3.40. The van der Waals surface area contributed by atoms with Gasteiger partial charge in [0, 0.05) is 12.1 Å². The van der Waals surface area contributed by atoms with Crippen LogP contribution in [0.5, 0.6) is 0 Å². The van der Waals surface area contributed by atoms with E-state index in [9.17, 15) is 4.79 Å². The second-order valence-corrected chi connectivity index (χ2v) is 7.69. The van der Waals surface area contributed by atoms with Crippen molar-refractivity contribution in [2.75, 3.05) is 5.32 Å². The van der Waals surface area contributed by atoms with Gasteiger partial charge in [-0.1, -0.05) is 19.4 Å². The van der Waals surface area contributed by atoms with E-state index >= 15 is 0 Å². The van der Waals surface area contributed by atoms with Gasteiger partial charge in [-0.3, -0.25) is 4.79 Å². The molecule has 7 heteroatoms. The molecule has 3 heterocycles. The van der Waals surface area contributed by atoms with Crippen molar-refractivity contribution < 1.29 is 9.21 Å². The first-order valence-electron chi connectivity index (χ1n) is 9.41. The number of rotatable bonds is 7. The van der Waals surface area contributed by atoms with E-state index in [1.165, 1.54) is 0 Å². The highest BCUT2D eigenvalue weighted by atomic mass is 32.1. The van der Waals surface area contributed by atoms with Crippen LogP contribution in [-0.4, -0.2) is 20.9 Å². The zero-order valence-electron chi connectivity index (χ0n) is 15.9. The summed E-state index contributed by atoms with van der Waals surface area (Å²) in [5, 5.41) is 4.91. The lowest BCUT2D eigenvalue weighted by Gasteiger charge is -2.04. The van der Waals surface area contributed by atoms with Crippen LogP contribution < -0.4 is 5.32 Å². The molecule has 0 fully saturated rings. The van der Waals surface area contributed by atoms with Crippen molar-refractivity contribution in [2.24, 2.45) is 0 Å². The van der Waals surface area contributed by atoms with E-state index in [1.54, 1.807) is 11.3 Å². The number of aromatic amines is 1. The quantitative estimate of drug-likeness (QED) is 0.456. The van der Waals surface area contributed by atoms with Gasteiger partial charge in [-0.25, -0.2) is 9.97 Å². The second kappa shape index (κ2) is 7.98. The number of thiophene rings is 1. The zero-order chi connectivity index (χ0) is 19.5. The minimum atomic E-state index is -0.126. The van der Waals surface area contributed by atoms with Crippen LogP contribution in [0.4, 0.5) is 5.69 Å². The molecular weight excluding hydrogens is 372 g/mol. The molecule has 28 heavy (non-hydrogen) atoms. The lowest BCUT2D eigenvalue weighted by atomic mass is 10.2. The fourth-order valence-corrected chi connectivity index (χ4v) is 3.71. The van der Waals surface area contributed by atoms with Crippen molar-refractivity contribution >= 4 is 34.0 Å². The summed E-state index contributed by atoms with van der Waals surface area (Å²) < 4.78 is 5.71. The van der Waals surface area contributed by atoms with E-state index < -0.39 is 0 Å². The molecular formula is C21H22N4O2S. The number of hydrogen-bond donors (Lipinski definition) is 2. The molecule has 4 rings (SSSR count). The molecule has 0 saturated heterocycles. The molecule has 4 aromatic rings. The predicted molar refractivity (Wildman–Crippen MR) is 112 cm³/mol. The molecule has 2 N–H and O–H groups in total. The minimum absolute atomic E-state index is 0.126. The van der Waals surface area contributed by atoms with Crippen molar-refractivity contribution in [2.45, 2.75) is 39.5 Å². The molecule has 0 saturated carbocycles. The van der Waals surface area contributed by atoms with Gasteiger partial charge in [0.05, 0.1) is 28.0 Å². The first kappa shape index (κ1) is 18.4. The summed E-state index contributed by atoms with van der Waals surface area (Å²) in [6.45, 7) is 4.00. The number of oxazole rings is 1. The zero-order valence-corrected chi connectivity index (χ0v) is 16.7. The Bertz CT molecular complexity index is 1100. The number of hydrogen-bond acceptors (Lipinski definition) is 5. The van der Waals surface area contributed by atoms with Gasteiger partial charge in [-0.15, -0.1) is 11.3 Å². The highest BCUT2D eigenvalue weighted by molar-refractivity contribution is 7.13. The van der Waals surface area contributed by atoms with E-state index in [-0.39, 0.29) is 12.3 Å². The van der Waals surface area contributed by atoms with Crippen LogP contribution in [0, 0.1) is 6.92 Å². The second-order valence-electron chi connectivity index (χ2n) is 6.74. The SMILES string of the molecule is CCCCc1nc2ccc(NC(=O)Cc3nc(-c4cccs4)oc3C)cc2[nH]1. The van der Waals surface area contributed by atoms with Gasteiger partial charge in [0.2, 0.25) is 11.8 Å². The molecule has 0 atom stereocenters. The third kappa shape index (κ3) is 3.99.